The van der Waals surface area contributed by atoms with Crippen LogP contribution in [0.4, 0.5) is 0 Å². The minimum Gasteiger partial charge on any atom is -0.494 e. The zero-order valence-electron chi connectivity index (χ0n) is 15.3. The lowest BCUT2D eigenvalue weighted by Gasteiger charge is -2.19. The van der Waals surface area contributed by atoms with E-state index in [2.05, 4.69) is 30.7 Å². The molecule has 130 valence electrons. The number of nitrogens with zero attached hydrogens (tertiary/aromatic N) is 5. The molecule has 0 aromatic carbocycles. The van der Waals surface area contributed by atoms with E-state index in [4.69, 9.17) is 14.8 Å². The number of methoxy groups -OCH3 is 1. The molecule has 0 aliphatic carbocycles. The van der Waals surface area contributed by atoms with Crippen LogP contribution < -0.4 is 4.74 Å². The Bertz CT molecular complexity index is 865. The molecule has 0 atom stereocenters. The van der Waals surface area contributed by atoms with E-state index in [1.807, 2.05) is 36.0 Å². The first kappa shape index (κ1) is 17.1. The summed E-state index contributed by atoms with van der Waals surface area (Å²) in [5.41, 5.74) is 2.72. The Morgan fingerprint density at radius 3 is 2.52 bits per heavy atom. The van der Waals surface area contributed by atoms with Crippen LogP contribution in [0.15, 0.2) is 36.8 Å². The second-order valence-corrected chi connectivity index (χ2v) is 7.28. The van der Waals surface area contributed by atoms with Gasteiger partial charge in [0, 0.05) is 30.7 Å². The molecule has 0 saturated carbocycles. The Hall–Kier alpha value is -2.76. The van der Waals surface area contributed by atoms with Gasteiger partial charge in [-0.15, -0.1) is 0 Å². The SMILES string of the molecule is COc1cc(C)cnc1-c1nc(-c2ccncc2)nn1CC(C)(C)C. The fourth-order valence-corrected chi connectivity index (χ4v) is 2.57. The third-order valence-corrected chi connectivity index (χ3v) is 3.66. The Morgan fingerprint density at radius 1 is 1.16 bits per heavy atom. The van der Waals surface area contributed by atoms with Crippen molar-refractivity contribution in [3.63, 3.8) is 0 Å². The third-order valence-electron chi connectivity index (χ3n) is 3.66. The first-order valence-corrected chi connectivity index (χ1v) is 8.23. The Labute approximate surface area is 147 Å². The number of aryl methyl sites for hydroxylation is 1. The van der Waals surface area contributed by atoms with E-state index in [1.54, 1.807) is 19.5 Å². The highest BCUT2D eigenvalue weighted by Crippen LogP contribution is 2.30. The first-order chi connectivity index (χ1) is 11.9. The molecule has 0 radical (unpaired) electrons. The topological polar surface area (TPSA) is 65.7 Å². The number of hydrogen-bond donors (Lipinski definition) is 0. The van der Waals surface area contributed by atoms with Crippen LogP contribution in [0.2, 0.25) is 0 Å². The molecule has 3 rings (SSSR count). The molecule has 0 N–H and O–H groups in total. The Morgan fingerprint density at radius 2 is 1.88 bits per heavy atom. The van der Waals surface area contributed by atoms with E-state index < -0.39 is 0 Å². The highest BCUT2D eigenvalue weighted by atomic mass is 16.5. The molecule has 0 saturated heterocycles. The van der Waals surface area contributed by atoms with Crippen LogP contribution in [0.3, 0.4) is 0 Å². The van der Waals surface area contributed by atoms with E-state index in [9.17, 15) is 0 Å². The number of pyridine rings is 2. The summed E-state index contributed by atoms with van der Waals surface area (Å²) in [6, 6.07) is 5.77. The van der Waals surface area contributed by atoms with Gasteiger partial charge in [0.15, 0.2) is 11.6 Å². The van der Waals surface area contributed by atoms with Crippen molar-refractivity contribution in [2.75, 3.05) is 7.11 Å². The maximum atomic E-state index is 5.53. The van der Waals surface area contributed by atoms with Crippen LogP contribution >= 0.6 is 0 Å². The van der Waals surface area contributed by atoms with Gasteiger partial charge in [0.05, 0.1) is 7.11 Å². The zero-order chi connectivity index (χ0) is 18.0. The smallest absolute Gasteiger partial charge is 0.181 e. The van der Waals surface area contributed by atoms with Gasteiger partial charge in [-0.3, -0.25) is 4.98 Å². The maximum Gasteiger partial charge on any atom is 0.181 e. The molecule has 3 aromatic heterocycles. The van der Waals surface area contributed by atoms with E-state index in [0.29, 0.717) is 23.1 Å². The van der Waals surface area contributed by atoms with Crippen LogP contribution in [0, 0.1) is 12.3 Å². The average Bonchev–Trinajstić information content (AvgIpc) is 2.97. The third kappa shape index (κ3) is 3.84. The zero-order valence-corrected chi connectivity index (χ0v) is 15.3. The van der Waals surface area contributed by atoms with Gasteiger partial charge in [0.1, 0.15) is 11.4 Å². The summed E-state index contributed by atoms with van der Waals surface area (Å²) in [4.78, 5) is 13.4. The van der Waals surface area contributed by atoms with Crippen molar-refractivity contribution >= 4 is 0 Å². The number of rotatable bonds is 4. The molecular formula is C19H23N5O. The predicted octanol–water partition coefficient (Wildman–Crippen LogP) is 3.77. The lowest BCUT2D eigenvalue weighted by Crippen LogP contribution is -2.18. The summed E-state index contributed by atoms with van der Waals surface area (Å²) in [6.07, 6.45) is 5.30. The summed E-state index contributed by atoms with van der Waals surface area (Å²) in [5.74, 6) is 2.06. The van der Waals surface area contributed by atoms with Gasteiger partial charge in [0.25, 0.3) is 0 Å². The largest absolute Gasteiger partial charge is 0.494 e. The fraction of sp³-hybridized carbons (Fsp3) is 0.368. The van der Waals surface area contributed by atoms with E-state index in [-0.39, 0.29) is 5.41 Å². The lowest BCUT2D eigenvalue weighted by molar-refractivity contribution is 0.327. The van der Waals surface area contributed by atoms with Gasteiger partial charge in [-0.2, -0.15) is 5.10 Å². The molecule has 25 heavy (non-hydrogen) atoms. The summed E-state index contributed by atoms with van der Waals surface area (Å²) in [7, 11) is 1.65. The first-order valence-electron chi connectivity index (χ1n) is 8.23. The molecule has 0 aliphatic heterocycles. The quantitative estimate of drug-likeness (QED) is 0.725. The van der Waals surface area contributed by atoms with Gasteiger partial charge in [-0.05, 0) is 36.1 Å². The van der Waals surface area contributed by atoms with Crippen molar-refractivity contribution in [1.29, 1.82) is 0 Å². The van der Waals surface area contributed by atoms with Gasteiger partial charge in [0.2, 0.25) is 0 Å². The maximum absolute atomic E-state index is 5.53. The molecule has 0 spiro atoms. The standard InChI is InChI=1S/C19H23N5O/c1-13-10-15(25-5)16(21-11-13)18-22-17(14-6-8-20-9-7-14)23-24(18)12-19(2,3)4/h6-11H,12H2,1-5H3. The molecular weight excluding hydrogens is 314 g/mol. The van der Waals surface area contributed by atoms with Crippen LogP contribution in [0.5, 0.6) is 5.75 Å². The Balaban J connectivity index is 2.16. The van der Waals surface area contributed by atoms with Crippen LogP contribution in [0.1, 0.15) is 26.3 Å². The van der Waals surface area contributed by atoms with Crippen molar-refractivity contribution < 1.29 is 4.74 Å². The number of ether oxygens (including phenoxy) is 1. The van der Waals surface area contributed by atoms with Crippen molar-refractivity contribution in [2.45, 2.75) is 34.2 Å². The highest BCUT2D eigenvalue weighted by Gasteiger charge is 2.22. The van der Waals surface area contributed by atoms with Crippen molar-refractivity contribution in [3.05, 3.63) is 42.4 Å². The summed E-state index contributed by atoms with van der Waals surface area (Å²) in [6.45, 7) is 9.22. The van der Waals surface area contributed by atoms with Crippen LogP contribution in [-0.2, 0) is 6.54 Å². The molecule has 3 aromatic rings. The molecule has 0 unspecified atom stereocenters. The van der Waals surface area contributed by atoms with Crippen LogP contribution in [0.25, 0.3) is 22.9 Å². The second-order valence-electron chi connectivity index (χ2n) is 7.28. The monoisotopic (exact) mass is 337 g/mol. The van der Waals surface area contributed by atoms with E-state index in [0.717, 1.165) is 17.7 Å². The summed E-state index contributed by atoms with van der Waals surface area (Å²) < 4.78 is 7.44. The molecule has 0 bridgehead atoms. The van der Waals surface area contributed by atoms with Crippen molar-refractivity contribution in [1.82, 2.24) is 24.7 Å². The average molecular weight is 337 g/mol. The molecule has 0 amide bonds. The number of hydrogen-bond acceptors (Lipinski definition) is 5. The van der Waals surface area contributed by atoms with Gasteiger partial charge < -0.3 is 4.74 Å². The number of aromatic nitrogens is 5. The summed E-state index contributed by atoms with van der Waals surface area (Å²) >= 11 is 0. The van der Waals surface area contributed by atoms with Crippen molar-refractivity contribution in [2.24, 2.45) is 5.41 Å². The van der Waals surface area contributed by atoms with Crippen LogP contribution in [-0.4, -0.2) is 31.8 Å². The fourth-order valence-electron chi connectivity index (χ4n) is 2.57. The molecule has 3 heterocycles. The van der Waals surface area contributed by atoms with Gasteiger partial charge >= 0.3 is 0 Å². The minimum absolute atomic E-state index is 0.0515. The molecule has 0 aliphatic rings. The molecule has 0 fully saturated rings. The van der Waals surface area contributed by atoms with Gasteiger partial charge in [-0.1, -0.05) is 20.8 Å². The van der Waals surface area contributed by atoms with E-state index in [1.165, 1.54) is 0 Å². The Kier molecular flexibility index (Phi) is 4.53. The highest BCUT2D eigenvalue weighted by molar-refractivity contribution is 5.63. The predicted molar refractivity (Wildman–Crippen MR) is 97.2 cm³/mol. The molecule has 6 heteroatoms. The normalized spacial score (nSPS) is 11.6. The second kappa shape index (κ2) is 6.63. The minimum atomic E-state index is 0.0515. The van der Waals surface area contributed by atoms with Crippen molar-refractivity contribution in [3.8, 4) is 28.7 Å². The molecule has 6 nitrogen and oxygen atoms in total. The summed E-state index contributed by atoms with van der Waals surface area (Å²) in [5, 5.41) is 4.72. The van der Waals surface area contributed by atoms with E-state index >= 15 is 0 Å². The van der Waals surface area contributed by atoms with Gasteiger partial charge in [-0.25, -0.2) is 14.6 Å². The lowest BCUT2D eigenvalue weighted by atomic mass is 9.97.